The third-order valence-corrected chi connectivity index (χ3v) is 2.68. The van der Waals surface area contributed by atoms with E-state index in [-0.39, 0.29) is 0 Å². The molecule has 4 nitrogen and oxygen atoms in total. The summed E-state index contributed by atoms with van der Waals surface area (Å²) in [7, 11) is 0. The quantitative estimate of drug-likeness (QED) is 0.751. The Hall–Kier alpha value is -2.75. The predicted molar refractivity (Wildman–Crippen MR) is 71.4 cm³/mol. The van der Waals surface area contributed by atoms with Crippen molar-refractivity contribution in [1.29, 1.82) is 0 Å². The molecule has 0 unspecified atom stereocenters. The molecule has 4 heteroatoms. The number of hydrogen-bond donors (Lipinski definition) is 1. The first kappa shape index (κ1) is 11.3. The minimum absolute atomic E-state index is 0.501. The lowest BCUT2D eigenvalue weighted by atomic mass is 10.2. The second kappa shape index (κ2) is 4.86. The first-order chi connectivity index (χ1) is 9.33. The first-order valence-electron chi connectivity index (χ1n) is 5.83. The van der Waals surface area contributed by atoms with E-state index in [0.717, 1.165) is 11.3 Å². The number of benzene rings is 1. The van der Waals surface area contributed by atoms with Gasteiger partial charge in [-0.25, -0.2) is 4.79 Å². The van der Waals surface area contributed by atoms with E-state index in [1.165, 1.54) is 0 Å². The molecule has 1 aromatic carbocycles. The van der Waals surface area contributed by atoms with E-state index in [0.29, 0.717) is 11.4 Å². The highest BCUT2D eigenvalue weighted by atomic mass is 16.6. The van der Waals surface area contributed by atoms with Gasteiger partial charge in [0.25, 0.3) is 0 Å². The zero-order valence-electron chi connectivity index (χ0n) is 10.00. The summed E-state index contributed by atoms with van der Waals surface area (Å²) >= 11 is 0. The molecule has 2 aliphatic rings. The third-order valence-electron chi connectivity index (χ3n) is 2.68. The van der Waals surface area contributed by atoms with Crippen molar-refractivity contribution in [2.45, 2.75) is 0 Å². The van der Waals surface area contributed by atoms with Crippen LogP contribution in [-0.4, -0.2) is 6.09 Å². The maximum atomic E-state index is 11.8. The van der Waals surface area contributed by atoms with Crippen LogP contribution < -0.4 is 10.1 Å². The average molecular weight is 253 g/mol. The summed E-state index contributed by atoms with van der Waals surface area (Å²) in [6.45, 7) is 0. The summed E-state index contributed by atoms with van der Waals surface area (Å²) in [6, 6.07) is 16.1. The first-order valence-corrected chi connectivity index (χ1v) is 5.83. The Morgan fingerprint density at radius 2 is 1.84 bits per heavy atom. The van der Waals surface area contributed by atoms with Crippen molar-refractivity contribution in [1.82, 2.24) is 0 Å². The Labute approximate surface area is 110 Å². The summed E-state index contributed by atoms with van der Waals surface area (Å²) in [5, 5.41) is 2.69. The number of carbonyl (C=O) groups excluding carboxylic acids is 1. The molecule has 1 amide bonds. The Kier molecular flexibility index (Phi) is 2.90. The lowest BCUT2D eigenvalue weighted by molar-refractivity contribution is 0.215. The van der Waals surface area contributed by atoms with Crippen molar-refractivity contribution in [3.63, 3.8) is 0 Å². The second-order valence-electron chi connectivity index (χ2n) is 3.97. The highest BCUT2D eigenvalue weighted by Crippen LogP contribution is 2.31. The van der Waals surface area contributed by atoms with Crippen LogP contribution in [-0.2, 0) is 0 Å². The van der Waals surface area contributed by atoms with Crippen LogP contribution in [0.25, 0.3) is 11.3 Å². The van der Waals surface area contributed by atoms with Gasteiger partial charge in [0.05, 0.1) is 12.0 Å². The molecule has 0 aromatic heterocycles. The van der Waals surface area contributed by atoms with Crippen molar-refractivity contribution < 1.29 is 13.9 Å². The standard InChI is InChI=1S/C15H11NO3/c17-15(19-11-5-2-1-3-6-11)16-13-8-9-14-12(13)7-4-10-18-14/h1-10H,(H,16,17). The fraction of sp³-hybridized carbons (Fsp3) is 0. The molecular formula is C15H11NO3. The van der Waals surface area contributed by atoms with Crippen molar-refractivity contribution in [3.05, 3.63) is 60.9 Å². The number of amides is 1. The molecule has 0 saturated carbocycles. The molecule has 0 radical (unpaired) electrons. The van der Waals surface area contributed by atoms with Gasteiger partial charge in [-0.1, -0.05) is 18.2 Å². The van der Waals surface area contributed by atoms with Gasteiger partial charge in [-0.15, -0.1) is 0 Å². The molecule has 0 saturated heterocycles. The highest BCUT2D eigenvalue weighted by Gasteiger charge is 2.13. The van der Waals surface area contributed by atoms with Crippen LogP contribution in [0, 0.1) is 0 Å². The van der Waals surface area contributed by atoms with Gasteiger partial charge in [-0.3, -0.25) is 5.32 Å². The Morgan fingerprint density at radius 3 is 2.68 bits per heavy atom. The average Bonchev–Trinajstić information content (AvgIpc) is 2.83. The summed E-state index contributed by atoms with van der Waals surface area (Å²) in [5.41, 5.74) is 1.51. The highest BCUT2D eigenvalue weighted by molar-refractivity contribution is 5.92. The number of fused-ring (bicyclic) bond motifs is 1. The Bertz CT molecular complexity index is 660. The second-order valence-corrected chi connectivity index (χ2v) is 3.97. The number of para-hydroxylation sites is 1. The van der Waals surface area contributed by atoms with Crippen molar-refractivity contribution in [2.75, 3.05) is 5.32 Å². The molecule has 1 aliphatic heterocycles. The topological polar surface area (TPSA) is 51.5 Å². The lowest BCUT2D eigenvalue weighted by Crippen LogP contribution is -2.16. The van der Waals surface area contributed by atoms with Crippen molar-refractivity contribution in [3.8, 4) is 17.1 Å². The molecule has 0 bridgehead atoms. The van der Waals surface area contributed by atoms with E-state index < -0.39 is 6.09 Å². The predicted octanol–water partition coefficient (Wildman–Crippen LogP) is 4.00. The van der Waals surface area contributed by atoms with Crippen LogP contribution in [0.4, 0.5) is 10.5 Å². The molecule has 0 atom stereocenters. The van der Waals surface area contributed by atoms with E-state index in [1.807, 2.05) is 12.1 Å². The molecule has 0 spiro atoms. The summed E-state index contributed by atoms with van der Waals surface area (Å²) < 4.78 is 10.5. The molecule has 1 aromatic rings. The van der Waals surface area contributed by atoms with Crippen LogP contribution in [0.5, 0.6) is 5.75 Å². The molecule has 1 N–H and O–H groups in total. The summed E-state index contributed by atoms with van der Waals surface area (Å²) in [6.07, 6.45) is 1.07. The minimum atomic E-state index is -0.525. The van der Waals surface area contributed by atoms with Gasteiger partial charge in [0.1, 0.15) is 11.5 Å². The van der Waals surface area contributed by atoms with Gasteiger partial charge in [0.15, 0.2) is 0 Å². The van der Waals surface area contributed by atoms with E-state index in [4.69, 9.17) is 9.15 Å². The molecule has 3 rings (SSSR count). The van der Waals surface area contributed by atoms with Crippen molar-refractivity contribution in [2.24, 2.45) is 0 Å². The fourth-order valence-electron chi connectivity index (χ4n) is 1.83. The Morgan fingerprint density at radius 1 is 1.00 bits per heavy atom. The van der Waals surface area contributed by atoms with Gasteiger partial charge in [-0.2, -0.15) is 0 Å². The molecular weight excluding hydrogens is 242 g/mol. The number of carbonyl (C=O) groups is 1. The molecule has 19 heavy (non-hydrogen) atoms. The van der Waals surface area contributed by atoms with E-state index in [9.17, 15) is 4.79 Å². The number of rotatable bonds is 2. The largest absolute Gasteiger partial charge is 0.464 e. The van der Waals surface area contributed by atoms with Crippen LogP contribution >= 0.6 is 0 Å². The van der Waals surface area contributed by atoms with Crippen LogP contribution in [0.1, 0.15) is 0 Å². The van der Waals surface area contributed by atoms with Crippen LogP contribution in [0.2, 0.25) is 0 Å². The van der Waals surface area contributed by atoms with E-state index in [2.05, 4.69) is 5.32 Å². The van der Waals surface area contributed by atoms with E-state index in [1.54, 1.807) is 48.7 Å². The zero-order valence-corrected chi connectivity index (χ0v) is 10.00. The smallest absolute Gasteiger partial charge is 0.417 e. The van der Waals surface area contributed by atoms with Gasteiger partial charge >= 0.3 is 6.09 Å². The third kappa shape index (κ3) is 2.42. The molecule has 94 valence electrons. The summed E-state index contributed by atoms with van der Waals surface area (Å²) in [5.74, 6) is 1.22. The lowest BCUT2D eigenvalue weighted by Gasteiger charge is -2.06. The van der Waals surface area contributed by atoms with Gasteiger partial charge in [-0.05, 0) is 36.4 Å². The number of ether oxygens (including phenoxy) is 1. The van der Waals surface area contributed by atoms with E-state index >= 15 is 0 Å². The molecule has 1 aliphatic carbocycles. The summed E-state index contributed by atoms with van der Waals surface area (Å²) in [4.78, 5) is 11.8. The monoisotopic (exact) mass is 253 g/mol. The number of hydrogen-bond acceptors (Lipinski definition) is 3. The zero-order chi connectivity index (χ0) is 13.1. The Balaban J connectivity index is 1.73. The van der Waals surface area contributed by atoms with Gasteiger partial charge in [0.2, 0.25) is 0 Å². The van der Waals surface area contributed by atoms with Crippen molar-refractivity contribution >= 4 is 11.8 Å². The van der Waals surface area contributed by atoms with Crippen LogP contribution in [0.15, 0.2) is 65.3 Å². The molecule has 1 heterocycles. The van der Waals surface area contributed by atoms with Crippen LogP contribution in [0.3, 0.4) is 0 Å². The normalized spacial score (nSPS) is 10.3. The fourth-order valence-corrected chi connectivity index (χ4v) is 1.83. The minimum Gasteiger partial charge on any atom is -0.464 e. The number of nitrogens with one attached hydrogen (secondary N) is 1. The number of anilines is 1. The maximum absolute atomic E-state index is 11.8. The SMILES string of the molecule is O=C(Nc1ccc2occcc1-2)Oc1ccccc1. The van der Waals surface area contributed by atoms with Gasteiger partial charge < -0.3 is 9.15 Å². The maximum Gasteiger partial charge on any atom is 0.417 e. The van der Waals surface area contributed by atoms with Gasteiger partial charge in [0, 0.05) is 5.56 Å². The molecule has 0 fully saturated rings.